The predicted octanol–water partition coefficient (Wildman–Crippen LogP) is 7.34. The molecule has 212 valence electrons. The zero-order chi connectivity index (χ0) is 26.6. The van der Waals surface area contributed by atoms with Crippen molar-refractivity contribution in [1.82, 2.24) is 19.5 Å². The smallest absolute Gasteiger partial charge is 0.165 e. The Morgan fingerprint density at radius 2 is 1.46 bits per heavy atom. The molecule has 0 saturated heterocycles. The van der Waals surface area contributed by atoms with Crippen LogP contribution in [0.5, 0.6) is 0 Å². The molecule has 0 spiro atoms. The first kappa shape index (κ1) is 32.1. The largest absolute Gasteiger partial charge is 0.382 e. The summed E-state index contributed by atoms with van der Waals surface area (Å²) >= 11 is 5.68. The normalized spacial score (nSPS) is 13.4. The molecule has 7 nitrogen and oxygen atoms in total. The first-order chi connectivity index (χ1) is 18.1. The quantitative estimate of drug-likeness (QED) is 0.107. The number of nitrogens with two attached hydrogens (primary N) is 1. The van der Waals surface area contributed by atoms with Crippen LogP contribution < -0.4 is 5.73 Å². The number of nitrogens with zero attached hydrogens (tertiary/aromatic N) is 4. The van der Waals surface area contributed by atoms with E-state index in [4.69, 9.17) is 27.0 Å². The van der Waals surface area contributed by atoms with Crippen LogP contribution >= 0.6 is 6.70 Å². The summed E-state index contributed by atoms with van der Waals surface area (Å²) in [5, 5.41) is 0. The van der Waals surface area contributed by atoms with Crippen LogP contribution in [-0.2, 0) is 27.8 Å². The Kier molecular flexibility index (Phi) is 18.1. The van der Waals surface area contributed by atoms with Gasteiger partial charge in [0.05, 0.1) is 25.3 Å². The minimum Gasteiger partial charge on any atom is -0.382 e. The molecule has 9 heteroatoms. The van der Waals surface area contributed by atoms with Gasteiger partial charge in [0.25, 0.3) is 0 Å². The van der Waals surface area contributed by atoms with E-state index >= 15 is 0 Å². The van der Waals surface area contributed by atoms with Crippen LogP contribution in [0.1, 0.15) is 110 Å². The minimum absolute atomic E-state index is 0.0353. The molecule has 1 unspecified atom stereocenters. The van der Waals surface area contributed by atoms with E-state index in [0.29, 0.717) is 24.2 Å². The van der Waals surface area contributed by atoms with E-state index in [1.165, 1.54) is 96.2 Å². The van der Waals surface area contributed by atoms with E-state index in [9.17, 15) is 0 Å². The zero-order valence-electron chi connectivity index (χ0n) is 23.5. The molecular weight excluding hydrogens is 501 g/mol. The number of aromatic nitrogens is 4. The lowest BCUT2D eigenvalue weighted by Gasteiger charge is -2.15. The number of unbranched alkanes of at least 4 members (excludes halogenated alkanes) is 13. The third-order valence-corrected chi connectivity index (χ3v) is 9.16. The molecule has 0 saturated carbocycles. The number of ether oxygens (including phenoxy) is 2. The molecule has 0 radical (unpaired) electrons. The SMILES string of the molecule is CCCCCCCCCCCCCCCCOCCC[PH](=S)CO[C@H](C)Cn1cnc2c(N)ncnc21. The van der Waals surface area contributed by atoms with Crippen molar-refractivity contribution in [3.8, 4) is 0 Å². The second kappa shape index (κ2) is 20.8. The van der Waals surface area contributed by atoms with Crippen LogP contribution in [0.4, 0.5) is 5.82 Å². The predicted molar refractivity (Wildman–Crippen MR) is 161 cm³/mol. The molecule has 2 N–H and O–H groups in total. The van der Waals surface area contributed by atoms with Crippen LogP contribution in [0.3, 0.4) is 0 Å². The van der Waals surface area contributed by atoms with Crippen molar-refractivity contribution < 1.29 is 9.47 Å². The van der Waals surface area contributed by atoms with E-state index < -0.39 is 6.70 Å². The highest BCUT2D eigenvalue weighted by Gasteiger charge is 2.11. The molecular formula is C28H52N5O2PS. The lowest BCUT2D eigenvalue weighted by Crippen LogP contribution is -2.16. The number of fused-ring (bicyclic) bond motifs is 1. The Hall–Kier alpha value is -1.08. The highest BCUT2D eigenvalue weighted by Crippen LogP contribution is 2.23. The number of hydrogen-bond donors (Lipinski definition) is 1. The van der Waals surface area contributed by atoms with E-state index in [1.807, 2.05) is 4.57 Å². The third-order valence-electron chi connectivity index (χ3n) is 6.80. The summed E-state index contributed by atoms with van der Waals surface area (Å²) in [5.74, 6) is 0.403. The number of anilines is 1. The highest BCUT2D eigenvalue weighted by molar-refractivity contribution is 8.05. The lowest BCUT2D eigenvalue weighted by molar-refractivity contribution is 0.0899. The molecule has 0 aliphatic heterocycles. The summed E-state index contributed by atoms with van der Waals surface area (Å²) in [4.78, 5) is 12.6. The van der Waals surface area contributed by atoms with Crippen LogP contribution in [0.25, 0.3) is 11.2 Å². The summed E-state index contributed by atoms with van der Waals surface area (Å²) in [6.45, 7) is 5.79. The Bertz CT molecular complexity index is 866. The van der Waals surface area contributed by atoms with E-state index in [1.54, 1.807) is 6.33 Å². The van der Waals surface area contributed by atoms with Gasteiger partial charge in [-0.15, -0.1) is 0 Å². The van der Waals surface area contributed by atoms with Crippen molar-refractivity contribution in [1.29, 1.82) is 0 Å². The summed E-state index contributed by atoms with van der Waals surface area (Å²) in [6.07, 6.45) is 25.4. The Morgan fingerprint density at radius 1 is 0.865 bits per heavy atom. The number of nitrogen functional groups attached to an aromatic ring is 1. The van der Waals surface area contributed by atoms with E-state index in [-0.39, 0.29) is 6.10 Å². The zero-order valence-corrected chi connectivity index (χ0v) is 25.3. The maximum absolute atomic E-state index is 6.02. The molecule has 37 heavy (non-hydrogen) atoms. The summed E-state index contributed by atoms with van der Waals surface area (Å²) in [7, 11) is 0. The van der Waals surface area contributed by atoms with Crippen molar-refractivity contribution in [3.05, 3.63) is 12.7 Å². The molecule has 0 aromatic carbocycles. The van der Waals surface area contributed by atoms with Crippen molar-refractivity contribution >= 4 is 35.5 Å². The van der Waals surface area contributed by atoms with Crippen molar-refractivity contribution in [2.24, 2.45) is 0 Å². The summed E-state index contributed by atoms with van der Waals surface area (Å²) < 4.78 is 13.8. The topological polar surface area (TPSA) is 88.1 Å². The molecule has 0 aliphatic rings. The second-order valence-corrected chi connectivity index (χ2v) is 13.9. The van der Waals surface area contributed by atoms with Gasteiger partial charge in [0, 0.05) is 13.2 Å². The first-order valence-electron chi connectivity index (χ1n) is 14.7. The number of rotatable bonds is 24. The molecule has 2 aromatic heterocycles. The standard InChI is InChI=1S/C28H52N5O2PS/c1-3-4-5-6-7-8-9-10-11-12-13-14-15-16-18-34-19-17-20-36(37)24-35-25(2)21-33-23-32-26-27(29)30-22-31-28(26)33/h22-23,25,36H,3-21,24H2,1-2H3,(H2,29,30,31)/t25-/m1/s1. The Morgan fingerprint density at radius 3 is 2.11 bits per heavy atom. The van der Waals surface area contributed by atoms with E-state index in [2.05, 4.69) is 28.8 Å². The van der Waals surface area contributed by atoms with E-state index in [0.717, 1.165) is 31.4 Å². The van der Waals surface area contributed by atoms with Gasteiger partial charge in [0.1, 0.15) is 11.8 Å². The van der Waals surface area contributed by atoms with Gasteiger partial charge in [-0.25, -0.2) is 15.0 Å². The van der Waals surface area contributed by atoms with Crippen LogP contribution in [0.2, 0.25) is 0 Å². The third kappa shape index (κ3) is 14.6. The molecule has 2 heterocycles. The molecule has 0 fully saturated rings. The van der Waals surface area contributed by atoms with Gasteiger partial charge in [-0.2, -0.15) is 0 Å². The van der Waals surface area contributed by atoms with Gasteiger partial charge >= 0.3 is 0 Å². The monoisotopic (exact) mass is 553 g/mol. The maximum Gasteiger partial charge on any atom is 0.165 e. The minimum atomic E-state index is -0.922. The van der Waals surface area contributed by atoms with Crippen LogP contribution in [0.15, 0.2) is 12.7 Å². The van der Waals surface area contributed by atoms with Gasteiger partial charge in [-0.1, -0.05) is 102 Å². The molecule has 2 rings (SSSR count). The van der Waals surface area contributed by atoms with Crippen molar-refractivity contribution in [3.63, 3.8) is 0 Å². The average molecular weight is 554 g/mol. The van der Waals surface area contributed by atoms with Crippen molar-refractivity contribution in [2.45, 2.75) is 123 Å². The molecule has 0 bridgehead atoms. The van der Waals surface area contributed by atoms with Gasteiger partial charge in [-0.05, 0) is 32.6 Å². The fourth-order valence-corrected chi connectivity index (χ4v) is 6.33. The summed E-state index contributed by atoms with van der Waals surface area (Å²) in [6, 6.07) is 0. The fraction of sp³-hybridized carbons (Fsp3) is 0.821. The van der Waals surface area contributed by atoms with Gasteiger partial charge in [-0.3, -0.25) is 0 Å². The summed E-state index contributed by atoms with van der Waals surface area (Å²) in [5.41, 5.74) is 7.23. The van der Waals surface area contributed by atoms with Crippen LogP contribution in [0, 0.1) is 0 Å². The average Bonchev–Trinajstić information content (AvgIpc) is 3.30. The first-order valence-corrected chi connectivity index (χ1v) is 17.8. The fourth-order valence-electron chi connectivity index (χ4n) is 4.54. The molecule has 2 aromatic rings. The lowest BCUT2D eigenvalue weighted by atomic mass is 10.0. The number of imidazole rings is 1. The Labute approximate surface area is 231 Å². The van der Waals surface area contributed by atoms with Crippen molar-refractivity contribution in [2.75, 3.05) is 31.5 Å². The van der Waals surface area contributed by atoms with Crippen LogP contribution in [-0.4, -0.2) is 51.3 Å². The number of hydrogen-bond acceptors (Lipinski definition) is 7. The molecule has 0 aliphatic carbocycles. The Balaban J connectivity index is 1.35. The highest BCUT2D eigenvalue weighted by atomic mass is 32.4. The molecule has 0 amide bonds. The molecule has 2 atom stereocenters. The second-order valence-electron chi connectivity index (χ2n) is 10.3. The van der Waals surface area contributed by atoms with Gasteiger partial charge in [0.2, 0.25) is 0 Å². The van der Waals surface area contributed by atoms with Gasteiger partial charge < -0.3 is 19.8 Å². The van der Waals surface area contributed by atoms with Gasteiger partial charge in [0.15, 0.2) is 11.5 Å². The maximum atomic E-state index is 6.02.